The lowest BCUT2D eigenvalue weighted by Gasteiger charge is -2.12. The lowest BCUT2D eigenvalue weighted by atomic mass is 10.2. The van der Waals surface area contributed by atoms with Gasteiger partial charge in [-0.15, -0.1) is 0 Å². The van der Waals surface area contributed by atoms with Crippen molar-refractivity contribution in [1.82, 2.24) is 0 Å². The number of benzene rings is 1. The van der Waals surface area contributed by atoms with Crippen LogP contribution in [0.15, 0.2) is 27.1 Å². The molecule has 1 atom stereocenters. The van der Waals surface area contributed by atoms with Crippen molar-refractivity contribution < 1.29 is 4.21 Å². The van der Waals surface area contributed by atoms with Crippen LogP contribution in [0.5, 0.6) is 0 Å². The van der Waals surface area contributed by atoms with Crippen molar-refractivity contribution in [3.63, 3.8) is 0 Å². The Labute approximate surface area is 112 Å². The van der Waals surface area contributed by atoms with E-state index in [-0.39, 0.29) is 4.75 Å². The molecule has 2 nitrogen and oxygen atoms in total. The second-order valence-electron chi connectivity index (χ2n) is 4.27. The average molecular weight is 323 g/mol. The van der Waals surface area contributed by atoms with Crippen LogP contribution in [0.25, 0.3) is 0 Å². The normalized spacial score (nSPS) is 14.3. The molecule has 0 aliphatic rings. The van der Waals surface area contributed by atoms with Gasteiger partial charge in [-0.25, -0.2) is 4.21 Å². The quantitative estimate of drug-likeness (QED) is 0.757. The Hall–Kier alpha value is -0.190. The molecule has 0 saturated heterocycles. The number of halogens is 2. The Morgan fingerprint density at radius 1 is 1.44 bits per heavy atom. The highest BCUT2D eigenvalue weighted by atomic mass is 79.9. The minimum absolute atomic E-state index is 0.333. The van der Waals surface area contributed by atoms with Crippen molar-refractivity contribution in [1.29, 1.82) is 0 Å². The summed E-state index contributed by atoms with van der Waals surface area (Å²) in [5, 5.41) is 0.647. The zero-order valence-electron chi connectivity index (χ0n) is 9.33. The summed E-state index contributed by atoms with van der Waals surface area (Å²) in [5.74, 6) is 0. The van der Waals surface area contributed by atoms with Crippen LogP contribution in [-0.4, -0.2) is 15.2 Å². The van der Waals surface area contributed by atoms with Gasteiger partial charge in [-0.2, -0.15) is 4.40 Å². The molecule has 0 fully saturated rings. The molecule has 88 valence electrons. The summed E-state index contributed by atoms with van der Waals surface area (Å²) in [4.78, 5) is 0. The van der Waals surface area contributed by atoms with Crippen LogP contribution in [-0.2, 0) is 11.0 Å². The van der Waals surface area contributed by atoms with Crippen LogP contribution in [0, 0.1) is 0 Å². The van der Waals surface area contributed by atoms with E-state index in [9.17, 15) is 4.21 Å². The molecule has 16 heavy (non-hydrogen) atoms. The number of hydrogen-bond acceptors (Lipinski definition) is 1. The zero-order chi connectivity index (χ0) is 12.3. The third kappa shape index (κ3) is 4.00. The van der Waals surface area contributed by atoms with E-state index in [0.717, 1.165) is 10.0 Å². The molecule has 5 heteroatoms. The highest BCUT2D eigenvalue weighted by molar-refractivity contribution is 9.10. The molecule has 0 N–H and O–H groups in total. The molecule has 1 aromatic carbocycles. The molecule has 0 aliphatic heterocycles. The van der Waals surface area contributed by atoms with Crippen molar-refractivity contribution in [3.05, 3.63) is 33.3 Å². The van der Waals surface area contributed by atoms with Crippen LogP contribution in [0.4, 0.5) is 0 Å². The van der Waals surface area contributed by atoms with Crippen molar-refractivity contribution >= 4 is 44.7 Å². The molecular weight excluding hydrogens is 310 g/mol. The third-order valence-electron chi connectivity index (χ3n) is 1.77. The van der Waals surface area contributed by atoms with E-state index in [1.165, 1.54) is 0 Å². The van der Waals surface area contributed by atoms with Gasteiger partial charge in [0, 0.05) is 10.7 Å². The van der Waals surface area contributed by atoms with Gasteiger partial charge in [0.25, 0.3) is 0 Å². The monoisotopic (exact) mass is 321 g/mol. The van der Waals surface area contributed by atoms with Gasteiger partial charge in [-0.3, -0.25) is 0 Å². The van der Waals surface area contributed by atoms with Gasteiger partial charge in [-0.1, -0.05) is 17.7 Å². The van der Waals surface area contributed by atoms with Crippen molar-refractivity contribution in [2.45, 2.75) is 25.5 Å². The molecule has 1 rings (SSSR count). The second-order valence-corrected chi connectivity index (χ2v) is 7.46. The van der Waals surface area contributed by atoms with Crippen LogP contribution in [0.1, 0.15) is 26.3 Å². The largest absolute Gasteiger partial charge is 0.234 e. The fourth-order valence-electron chi connectivity index (χ4n) is 0.860. The van der Waals surface area contributed by atoms with E-state index >= 15 is 0 Å². The summed E-state index contributed by atoms with van der Waals surface area (Å²) in [5.41, 5.74) is 0.869. The average Bonchev–Trinajstić information content (AvgIpc) is 2.18. The Kier molecular flexibility index (Phi) is 4.71. The molecular formula is C11H13BrClNOS. The predicted octanol–water partition coefficient (Wildman–Crippen LogP) is 3.98. The molecule has 0 spiro atoms. The van der Waals surface area contributed by atoms with Crippen LogP contribution < -0.4 is 0 Å². The number of rotatable bonds is 2. The van der Waals surface area contributed by atoms with Crippen LogP contribution in [0.2, 0.25) is 5.02 Å². The van der Waals surface area contributed by atoms with E-state index < -0.39 is 11.0 Å². The topological polar surface area (TPSA) is 29.4 Å². The molecule has 0 aliphatic carbocycles. The SMILES string of the molecule is CC(C)(C)[S@@](=O)N=Cc1ccc(Cl)c(Br)c1. The summed E-state index contributed by atoms with van der Waals surface area (Å²) >= 11 is 9.19. The number of nitrogens with zero attached hydrogens (tertiary/aromatic N) is 1. The lowest BCUT2D eigenvalue weighted by molar-refractivity contribution is 0.651. The Morgan fingerprint density at radius 3 is 2.56 bits per heavy atom. The second kappa shape index (κ2) is 5.43. The minimum atomic E-state index is -1.23. The standard InChI is InChI=1S/C11H13BrClNOS/c1-11(2,3)16(15)14-7-8-4-5-10(13)9(12)6-8/h4-7H,1-3H3/t16-/m1/s1. The minimum Gasteiger partial charge on any atom is -0.234 e. The predicted molar refractivity (Wildman–Crippen MR) is 74.6 cm³/mol. The van der Waals surface area contributed by atoms with Gasteiger partial charge in [-0.05, 0) is 54.4 Å². The van der Waals surface area contributed by atoms with Gasteiger partial charge >= 0.3 is 0 Å². The van der Waals surface area contributed by atoms with Crippen molar-refractivity contribution in [2.24, 2.45) is 4.40 Å². The molecule has 0 amide bonds. The van der Waals surface area contributed by atoms with Gasteiger partial charge in [0.2, 0.25) is 0 Å². The lowest BCUT2D eigenvalue weighted by Crippen LogP contribution is -2.19. The van der Waals surface area contributed by atoms with E-state index in [1.807, 2.05) is 32.9 Å². The first-order valence-electron chi connectivity index (χ1n) is 4.72. The first kappa shape index (κ1) is 13.9. The smallest absolute Gasteiger partial charge is 0.144 e. The maximum absolute atomic E-state index is 11.7. The maximum atomic E-state index is 11.7. The molecule has 0 saturated carbocycles. The maximum Gasteiger partial charge on any atom is 0.144 e. The Morgan fingerprint density at radius 2 is 2.06 bits per heavy atom. The van der Waals surface area contributed by atoms with Crippen molar-refractivity contribution in [3.8, 4) is 0 Å². The fraction of sp³-hybridized carbons (Fsp3) is 0.364. The third-order valence-corrected chi connectivity index (χ3v) is 4.32. The van der Waals surface area contributed by atoms with E-state index in [0.29, 0.717) is 5.02 Å². The summed E-state index contributed by atoms with van der Waals surface area (Å²) < 4.78 is 16.2. The van der Waals surface area contributed by atoms with E-state index in [4.69, 9.17) is 11.6 Å². The van der Waals surface area contributed by atoms with Gasteiger partial charge in [0.1, 0.15) is 11.0 Å². The summed E-state index contributed by atoms with van der Waals surface area (Å²) in [6.45, 7) is 5.66. The van der Waals surface area contributed by atoms with Gasteiger partial charge in [0.05, 0.1) is 9.77 Å². The van der Waals surface area contributed by atoms with E-state index in [1.54, 1.807) is 12.3 Å². The van der Waals surface area contributed by atoms with Crippen molar-refractivity contribution in [2.75, 3.05) is 0 Å². The highest BCUT2D eigenvalue weighted by Crippen LogP contribution is 2.22. The Bertz CT molecular complexity index is 440. The first-order chi connectivity index (χ1) is 7.30. The molecule has 0 heterocycles. The van der Waals surface area contributed by atoms with Crippen LogP contribution in [0.3, 0.4) is 0 Å². The summed E-state index contributed by atoms with van der Waals surface area (Å²) in [6, 6.07) is 5.44. The van der Waals surface area contributed by atoms with E-state index in [2.05, 4.69) is 20.3 Å². The summed E-state index contributed by atoms with van der Waals surface area (Å²) in [7, 11) is -1.23. The number of hydrogen-bond donors (Lipinski definition) is 0. The molecule has 0 bridgehead atoms. The molecule has 1 aromatic rings. The van der Waals surface area contributed by atoms with Gasteiger partial charge < -0.3 is 0 Å². The summed E-state index contributed by atoms with van der Waals surface area (Å²) in [6.07, 6.45) is 1.60. The highest BCUT2D eigenvalue weighted by Gasteiger charge is 2.18. The first-order valence-corrected chi connectivity index (χ1v) is 6.99. The fourth-order valence-corrected chi connectivity index (χ4v) is 1.91. The molecule has 0 radical (unpaired) electrons. The molecule has 0 unspecified atom stereocenters. The van der Waals surface area contributed by atoms with Gasteiger partial charge in [0.15, 0.2) is 0 Å². The van der Waals surface area contributed by atoms with Crippen LogP contribution >= 0.6 is 27.5 Å². The zero-order valence-corrected chi connectivity index (χ0v) is 12.5. The Balaban J connectivity index is 2.85. The molecule has 0 aromatic heterocycles.